The number of hydrogen-bond donors (Lipinski definition) is 1. The van der Waals surface area contributed by atoms with E-state index in [4.69, 9.17) is 11.0 Å². The fourth-order valence-electron chi connectivity index (χ4n) is 2.45. The molecule has 0 aliphatic carbocycles. The first-order valence-electron chi connectivity index (χ1n) is 6.97. The number of amides is 1. The number of nitrogens with zero attached hydrogens (tertiary/aromatic N) is 3. The molecular formula is C16H20N4O. The predicted octanol–water partition coefficient (Wildman–Crippen LogP) is 1.22. The van der Waals surface area contributed by atoms with E-state index in [1.54, 1.807) is 6.92 Å². The number of nitriles is 1. The Balaban J connectivity index is 2.20. The van der Waals surface area contributed by atoms with Gasteiger partial charge in [-0.2, -0.15) is 5.26 Å². The van der Waals surface area contributed by atoms with Crippen LogP contribution >= 0.6 is 0 Å². The highest BCUT2D eigenvalue weighted by Crippen LogP contribution is 2.22. The van der Waals surface area contributed by atoms with Gasteiger partial charge in [0.1, 0.15) is 11.6 Å². The lowest BCUT2D eigenvalue weighted by Gasteiger charge is -2.34. The SMILES string of the molecule is C/C(=C(/C#N)C(N)=O)c1ccc(N2CCN(C)CC2)cc1. The third-order valence-corrected chi connectivity index (χ3v) is 3.90. The van der Waals surface area contributed by atoms with Gasteiger partial charge in [0.2, 0.25) is 0 Å². The molecule has 0 saturated carbocycles. The zero-order chi connectivity index (χ0) is 15.4. The zero-order valence-electron chi connectivity index (χ0n) is 12.5. The number of anilines is 1. The van der Waals surface area contributed by atoms with Crippen LogP contribution in [-0.4, -0.2) is 44.0 Å². The molecule has 2 N–H and O–H groups in total. The number of carbonyl (C=O) groups excluding carboxylic acids is 1. The maximum absolute atomic E-state index is 11.2. The second-order valence-electron chi connectivity index (χ2n) is 5.31. The van der Waals surface area contributed by atoms with Crippen LogP contribution in [0.5, 0.6) is 0 Å². The number of carbonyl (C=O) groups is 1. The highest BCUT2D eigenvalue weighted by molar-refractivity contribution is 6.03. The van der Waals surface area contributed by atoms with Crippen LogP contribution < -0.4 is 10.6 Å². The van der Waals surface area contributed by atoms with Crippen molar-refractivity contribution in [1.29, 1.82) is 5.26 Å². The van der Waals surface area contributed by atoms with Crippen LogP contribution in [0.25, 0.3) is 5.57 Å². The van der Waals surface area contributed by atoms with Crippen molar-refractivity contribution in [3.63, 3.8) is 0 Å². The first kappa shape index (κ1) is 15.1. The molecule has 1 aromatic carbocycles. The van der Waals surface area contributed by atoms with E-state index in [1.165, 1.54) is 0 Å². The van der Waals surface area contributed by atoms with Gasteiger partial charge in [0.25, 0.3) is 5.91 Å². The van der Waals surface area contributed by atoms with Crippen molar-refractivity contribution < 1.29 is 4.79 Å². The van der Waals surface area contributed by atoms with Crippen molar-refractivity contribution >= 4 is 17.2 Å². The average Bonchev–Trinajstić information content (AvgIpc) is 2.48. The fraction of sp³-hybridized carbons (Fsp3) is 0.375. The second kappa shape index (κ2) is 6.42. The summed E-state index contributed by atoms with van der Waals surface area (Å²) in [6.45, 7) is 5.88. The smallest absolute Gasteiger partial charge is 0.259 e. The topological polar surface area (TPSA) is 73.4 Å². The van der Waals surface area contributed by atoms with Crippen molar-refractivity contribution in [2.24, 2.45) is 5.73 Å². The van der Waals surface area contributed by atoms with Crippen LogP contribution in [0.1, 0.15) is 12.5 Å². The molecule has 0 aromatic heterocycles. The molecule has 1 aromatic rings. The second-order valence-corrected chi connectivity index (χ2v) is 5.31. The van der Waals surface area contributed by atoms with Crippen LogP contribution in [-0.2, 0) is 4.79 Å². The molecule has 1 aliphatic heterocycles. The van der Waals surface area contributed by atoms with Crippen molar-refractivity contribution in [1.82, 2.24) is 4.90 Å². The van der Waals surface area contributed by atoms with Gasteiger partial charge >= 0.3 is 0 Å². The highest BCUT2D eigenvalue weighted by Gasteiger charge is 2.15. The van der Waals surface area contributed by atoms with E-state index in [0.29, 0.717) is 5.57 Å². The Hall–Kier alpha value is -2.32. The van der Waals surface area contributed by atoms with Gasteiger partial charge in [0.05, 0.1) is 0 Å². The molecule has 1 saturated heterocycles. The number of hydrogen-bond acceptors (Lipinski definition) is 4. The Labute approximate surface area is 125 Å². The summed E-state index contributed by atoms with van der Waals surface area (Å²) in [5, 5.41) is 8.99. The van der Waals surface area contributed by atoms with E-state index in [-0.39, 0.29) is 5.57 Å². The number of rotatable bonds is 3. The Morgan fingerprint density at radius 1 is 1.19 bits per heavy atom. The Kier molecular flexibility index (Phi) is 4.61. The number of likely N-dealkylation sites (N-methyl/N-ethyl adjacent to an activating group) is 1. The summed E-state index contributed by atoms with van der Waals surface area (Å²) < 4.78 is 0. The van der Waals surface area contributed by atoms with E-state index in [9.17, 15) is 4.79 Å². The standard InChI is InChI=1S/C16H20N4O/c1-12(15(11-17)16(18)21)13-3-5-14(6-4-13)20-9-7-19(2)8-10-20/h3-6H,7-10H2,1-2H3,(H2,18,21)/b15-12+. The lowest BCUT2D eigenvalue weighted by molar-refractivity contribution is -0.114. The van der Waals surface area contributed by atoms with Crippen molar-refractivity contribution in [2.75, 3.05) is 38.1 Å². The van der Waals surface area contributed by atoms with E-state index < -0.39 is 5.91 Å². The van der Waals surface area contributed by atoms with Crippen molar-refractivity contribution in [3.05, 3.63) is 35.4 Å². The molecule has 5 heteroatoms. The molecule has 5 nitrogen and oxygen atoms in total. The summed E-state index contributed by atoms with van der Waals surface area (Å²) in [6.07, 6.45) is 0. The fourth-order valence-corrected chi connectivity index (χ4v) is 2.45. The molecule has 2 rings (SSSR count). The number of piperazine rings is 1. The van der Waals surface area contributed by atoms with Crippen LogP contribution in [0, 0.1) is 11.3 Å². The predicted molar refractivity (Wildman–Crippen MR) is 83.6 cm³/mol. The molecule has 0 spiro atoms. The summed E-state index contributed by atoms with van der Waals surface area (Å²) in [4.78, 5) is 15.9. The monoisotopic (exact) mass is 284 g/mol. The van der Waals surface area contributed by atoms with Gasteiger partial charge in [-0.15, -0.1) is 0 Å². The van der Waals surface area contributed by atoms with Crippen LogP contribution in [0.2, 0.25) is 0 Å². The molecule has 1 amide bonds. The summed E-state index contributed by atoms with van der Waals surface area (Å²) in [5.74, 6) is -0.682. The van der Waals surface area contributed by atoms with Crippen LogP contribution in [0.4, 0.5) is 5.69 Å². The molecule has 1 heterocycles. The third-order valence-electron chi connectivity index (χ3n) is 3.90. The minimum absolute atomic E-state index is 0.0161. The average molecular weight is 284 g/mol. The third kappa shape index (κ3) is 3.41. The quantitative estimate of drug-likeness (QED) is 0.669. The Morgan fingerprint density at radius 2 is 1.76 bits per heavy atom. The number of nitrogens with two attached hydrogens (primary N) is 1. The van der Waals surface area contributed by atoms with E-state index in [2.05, 4.69) is 16.8 Å². The molecule has 21 heavy (non-hydrogen) atoms. The maximum Gasteiger partial charge on any atom is 0.259 e. The van der Waals surface area contributed by atoms with Crippen LogP contribution in [0.15, 0.2) is 29.8 Å². The highest BCUT2D eigenvalue weighted by atomic mass is 16.1. The molecule has 1 fully saturated rings. The molecule has 0 bridgehead atoms. The number of benzene rings is 1. The largest absolute Gasteiger partial charge is 0.369 e. The first-order chi connectivity index (χ1) is 10.0. The molecule has 0 unspecified atom stereocenters. The van der Waals surface area contributed by atoms with Crippen molar-refractivity contribution in [2.45, 2.75) is 6.92 Å². The Morgan fingerprint density at radius 3 is 2.24 bits per heavy atom. The van der Waals surface area contributed by atoms with Gasteiger partial charge in [-0.1, -0.05) is 12.1 Å². The van der Waals surface area contributed by atoms with Crippen LogP contribution in [0.3, 0.4) is 0 Å². The first-order valence-corrected chi connectivity index (χ1v) is 6.97. The van der Waals surface area contributed by atoms with Gasteiger partial charge < -0.3 is 15.5 Å². The van der Waals surface area contributed by atoms with Gasteiger partial charge in [0, 0.05) is 31.9 Å². The van der Waals surface area contributed by atoms with E-state index >= 15 is 0 Å². The van der Waals surface area contributed by atoms with Gasteiger partial charge in [-0.3, -0.25) is 4.79 Å². The molecule has 0 atom stereocenters. The Bertz CT molecular complexity index is 590. The summed E-state index contributed by atoms with van der Waals surface area (Å²) in [5.41, 5.74) is 7.86. The molecule has 1 aliphatic rings. The van der Waals surface area contributed by atoms with Gasteiger partial charge in [0.15, 0.2) is 0 Å². The lowest BCUT2D eigenvalue weighted by Crippen LogP contribution is -2.44. The minimum atomic E-state index is -0.682. The number of primary amides is 1. The molecule has 0 radical (unpaired) electrons. The molecular weight excluding hydrogens is 264 g/mol. The number of allylic oxidation sites excluding steroid dienone is 1. The van der Waals surface area contributed by atoms with E-state index in [1.807, 2.05) is 30.3 Å². The van der Waals surface area contributed by atoms with Gasteiger partial charge in [-0.25, -0.2) is 0 Å². The normalized spacial score (nSPS) is 17.1. The zero-order valence-corrected chi connectivity index (χ0v) is 12.5. The summed E-state index contributed by atoms with van der Waals surface area (Å²) in [6, 6.07) is 9.80. The van der Waals surface area contributed by atoms with E-state index in [0.717, 1.165) is 37.4 Å². The lowest BCUT2D eigenvalue weighted by atomic mass is 10.0. The summed E-state index contributed by atoms with van der Waals surface area (Å²) in [7, 11) is 2.13. The molecule has 110 valence electrons. The maximum atomic E-state index is 11.2. The van der Waals surface area contributed by atoms with Gasteiger partial charge in [-0.05, 0) is 37.2 Å². The summed E-state index contributed by atoms with van der Waals surface area (Å²) >= 11 is 0. The minimum Gasteiger partial charge on any atom is -0.369 e. The van der Waals surface area contributed by atoms with Crippen molar-refractivity contribution in [3.8, 4) is 6.07 Å².